The molecule has 0 saturated heterocycles. The summed E-state index contributed by atoms with van der Waals surface area (Å²) in [6.07, 6.45) is 15.0. The van der Waals surface area contributed by atoms with Crippen LogP contribution in [-0.4, -0.2) is 53.6 Å². The first-order valence-corrected chi connectivity index (χ1v) is 9.70. The molecule has 0 aromatic heterocycles. The van der Waals surface area contributed by atoms with Crippen molar-refractivity contribution in [3.8, 4) is 0 Å². The highest BCUT2D eigenvalue weighted by molar-refractivity contribution is 5.79. The van der Waals surface area contributed by atoms with E-state index in [1.54, 1.807) is 0 Å². The van der Waals surface area contributed by atoms with Crippen molar-refractivity contribution in [3.05, 3.63) is 12.7 Å². The van der Waals surface area contributed by atoms with Crippen LogP contribution in [0.15, 0.2) is 12.7 Å². The van der Waals surface area contributed by atoms with Crippen molar-refractivity contribution in [1.29, 1.82) is 0 Å². The Labute approximate surface area is 156 Å². The fourth-order valence-electron chi connectivity index (χ4n) is 3.38. The molecule has 0 unspecified atom stereocenters. The number of carboxylic acids is 1. The highest BCUT2D eigenvalue weighted by atomic mass is 16.5. The zero-order chi connectivity index (χ0) is 19.2. The Morgan fingerprint density at radius 2 is 1.54 bits per heavy atom. The number of aliphatic hydroxyl groups is 1. The molecule has 0 heterocycles. The van der Waals surface area contributed by atoms with Gasteiger partial charge in [0, 0.05) is 12.1 Å². The zero-order valence-electron chi connectivity index (χ0n) is 15.6. The Balaban J connectivity index is 0.000000260. The molecule has 4 N–H and O–H groups in total. The first kappa shape index (κ1) is 22.4. The number of aliphatic hydroxyl groups excluding tert-OH is 1. The SMILES string of the molecule is C1CCC(NC2CCCCC2)CC1.C=CCOC(=O)N[C@@H](CO)C(=O)O. The highest BCUT2D eigenvalue weighted by Gasteiger charge is 2.19. The van der Waals surface area contributed by atoms with Crippen LogP contribution in [-0.2, 0) is 9.53 Å². The third-order valence-electron chi connectivity index (χ3n) is 4.79. The molecule has 2 saturated carbocycles. The number of rotatable bonds is 7. The Hall–Kier alpha value is -1.60. The molecule has 0 aromatic rings. The first-order chi connectivity index (χ1) is 12.6. The Bertz CT molecular complexity index is 402. The number of carbonyl (C=O) groups is 2. The standard InChI is InChI=1S/C12H23N.C7H11NO5/c1-3-7-11(8-4-1)13-12-9-5-2-6-10-12;1-2-3-13-7(12)8-5(4-9)6(10)11/h11-13H,1-10H2;2,5,9H,1,3-4H2,(H,8,12)(H,10,11)/t;5-/m.0/s1. The smallest absolute Gasteiger partial charge is 0.408 e. The van der Waals surface area contributed by atoms with Crippen LogP contribution in [0.2, 0.25) is 0 Å². The Morgan fingerprint density at radius 3 is 1.92 bits per heavy atom. The van der Waals surface area contributed by atoms with Gasteiger partial charge in [0.1, 0.15) is 6.61 Å². The van der Waals surface area contributed by atoms with Crippen LogP contribution < -0.4 is 10.6 Å². The minimum absolute atomic E-state index is 0.0103. The van der Waals surface area contributed by atoms with E-state index in [2.05, 4.69) is 16.6 Å². The van der Waals surface area contributed by atoms with E-state index in [9.17, 15) is 9.59 Å². The van der Waals surface area contributed by atoms with Crippen LogP contribution in [0.4, 0.5) is 4.79 Å². The van der Waals surface area contributed by atoms with Gasteiger partial charge in [-0.1, -0.05) is 51.2 Å². The molecule has 26 heavy (non-hydrogen) atoms. The molecule has 0 aliphatic heterocycles. The lowest BCUT2D eigenvalue weighted by Crippen LogP contribution is -2.43. The van der Waals surface area contributed by atoms with E-state index >= 15 is 0 Å². The number of hydrogen-bond acceptors (Lipinski definition) is 5. The predicted molar refractivity (Wildman–Crippen MR) is 100 cm³/mol. The van der Waals surface area contributed by atoms with E-state index in [0.29, 0.717) is 0 Å². The summed E-state index contributed by atoms with van der Waals surface area (Å²) < 4.78 is 4.43. The summed E-state index contributed by atoms with van der Waals surface area (Å²) in [5, 5.41) is 22.7. The monoisotopic (exact) mass is 370 g/mol. The summed E-state index contributed by atoms with van der Waals surface area (Å²) >= 11 is 0. The summed E-state index contributed by atoms with van der Waals surface area (Å²) in [4.78, 5) is 21.0. The van der Waals surface area contributed by atoms with Crippen molar-refractivity contribution in [2.75, 3.05) is 13.2 Å². The number of hydrogen-bond donors (Lipinski definition) is 4. The lowest BCUT2D eigenvalue weighted by molar-refractivity contribution is -0.140. The van der Waals surface area contributed by atoms with Crippen LogP contribution in [0.1, 0.15) is 64.2 Å². The maximum Gasteiger partial charge on any atom is 0.408 e. The summed E-state index contributed by atoms with van der Waals surface area (Å²) in [7, 11) is 0. The quantitative estimate of drug-likeness (QED) is 0.513. The predicted octanol–water partition coefficient (Wildman–Crippen LogP) is 2.59. The molecule has 1 atom stereocenters. The average molecular weight is 370 g/mol. The molecule has 2 rings (SSSR count). The Morgan fingerprint density at radius 1 is 1.04 bits per heavy atom. The number of carbonyl (C=O) groups excluding carboxylic acids is 1. The second-order valence-electron chi connectivity index (χ2n) is 6.94. The Kier molecular flexibility index (Phi) is 11.7. The van der Waals surface area contributed by atoms with Crippen LogP contribution >= 0.6 is 0 Å². The molecular formula is C19H34N2O5. The van der Waals surface area contributed by atoms with Crippen LogP contribution in [0.5, 0.6) is 0 Å². The van der Waals surface area contributed by atoms with Crippen molar-refractivity contribution in [3.63, 3.8) is 0 Å². The molecule has 0 aromatic carbocycles. The number of nitrogens with one attached hydrogen (secondary N) is 2. The van der Waals surface area contributed by atoms with Gasteiger partial charge in [0.2, 0.25) is 0 Å². The fourth-order valence-corrected chi connectivity index (χ4v) is 3.38. The third-order valence-corrected chi connectivity index (χ3v) is 4.79. The summed E-state index contributed by atoms with van der Waals surface area (Å²) in [5.74, 6) is -1.32. The minimum atomic E-state index is -1.34. The van der Waals surface area contributed by atoms with E-state index in [4.69, 9.17) is 10.2 Å². The van der Waals surface area contributed by atoms with Gasteiger partial charge in [0.15, 0.2) is 6.04 Å². The fraction of sp³-hybridized carbons (Fsp3) is 0.789. The second kappa shape index (κ2) is 13.6. The molecule has 2 aliphatic rings. The van der Waals surface area contributed by atoms with Crippen LogP contribution in [0.25, 0.3) is 0 Å². The molecule has 2 aliphatic carbocycles. The van der Waals surface area contributed by atoms with Crippen LogP contribution in [0, 0.1) is 0 Å². The maximum absolute atomic E-state index is 10.7. The second-order valence-corrected chi connectivity index (χ2v) is 6.94. The third kappa shape index (κ3) is 9.77. The van der Waals surface area contributed by atoms with Crippen molar-refractivity contribution < 1.29 is 24.5 Å². The molecule has 7 heteroatoms. The van der Waals surface area contributed by atoms with Gasteiger partial charge in [-0.15, -0.1) is 0 Å². The van der Waals surface area contributed by atoms with Crippen LogP contribution in [0.3, 0.4) is 0 Å². The molecule has 1 amide bonds. The lowest BCUT2D eigenvalue weighted by Gasteiger charge is -2.30. The molecule has 150 valence electrons. The van der Waals surface area contributed by atoms with E-state index in [1.165, 1.54) is 70.3 Å². The van der Waals surface area contributed by atoms with Gasteiger partial charge in [-0.3, -0.25) is 0 Å². The number of alkyl carbamates (subject to hydrolysis) is 1. The highest BCUT2D eigenvalue weighted by Crippen LogP contribution is 2.22. The molecule has 0 radical (unpaired) electrons. The van der Waals surface area contributed by atoms with E-state index < -0.39 is 24.7 Å². The van der Waals surface area contributed by atoms with Crippen molar-refractivity contribution >= 4 is 12.1 Å². The number of ether oxygens (including phenoxy) is 1. The molecule has 0 spiro atoms. The number of amides is 1. The summed E-state index contributed by atoms with van der Waals surface area (Å²) in [5.41, 5.74) is 0. The van der Waals surface area contributed by atoms with Gasteiger partial charge in [-0.25, -0.2) is 9.59 Å². The molecule has 2 fully saturated rings. The van der Waals surface area contributed by atoms with Gasteiger partial charge in [0.05, 0.1) is 6.61 Å². The lowest BCUT2D eigenvalue weighted by atomic mass is 9.91. The maximum atomic E-state index is 10.7. The molecule has 0 bridgehead atoms. The largest absolute Gasteiger partial charge is 0.480 e. The van der Waals surface area contributed by atoms with Crippen molar-refractivity contribution in [2.24, 2.45) is 0 Å². The topological polar surface area (TPSA) is 108 Å². The number of carboxylic acid groups (broad SMARTS) is 1. The van der Waals surface area contributed by atoms with Gasteiger partial charge in [-0.05, 0) is 25.7 Å². The number of aliphatic carboxylic acids is 1. The van der Waals surface area contributed by atoms with Crippen molar-refractivity contribution in [1.82, 2.24) is 10.6 Å². The van der Waals surface area contributed by atoms with E-state index in [-0.39, 0.29) is 6.61 Å². The summed E-state index contributed by atoms with van der Waals surface area (Å²) in [6, 6.07) is 0.408. The van der Waals surface area contributed by atoms with Gasteiger partial charge in [-0.2, -0.15) is 0 Å². The van der Waals surface area contributed by atoms with Gasteiger partial charge in [0.25, 0.3) is 0 Å². The van der Waals surface area contributed by atoms with Crippen molar-refractivity contribution in [2.45, 2.75) is 82.3 Å². The molecular weight excluding hydrogens is 336 g/mol. The molecule has 7 nitrogen and oxygen atoms in total. The van der Waals surface area contributed by atoms with Gasteiger partial charge >= 0.3 is 12.1 Å². The average Bonchev–Trinajstić information content (AvgIpc) is 2.66. The normalized spacial score (nSPS) is 19.6. The van der Waals surface area contributed by atoms with Gasteiger partial charge < -0.3 is 25.6 Å². The van der Waals surface area contributed by atoms with E-state index in [0.717, 1.165) is 12.1 Å². The first-order valence-electron chi connectivity index (χ1n) is 9.70. The zero-order valence-corrected chi connectivity index (χ0v) is 15.6. The summed E-state index contributed by atoms with van der Waals surface area (Å²) in [6.45, 7) is 2.60. The minimum Gasteiger partial charge on any atom is -0.480 e. The van der Waals surface area contributed by atoms with E-state index in [1.807, 2.05) is 5.32 Å².